The first-order valence-corrected chi connectivity index (χ1v) is 9.58. The average molecular weight is 316 g/mol. The molecule has 1 heterocycles. The molecular formula is C14H24N2O2S2. The fourth-order valence-corrected chi connectivity index (χ4v) is 5.67. The van der Waals surface area contributed by atoms with E-state index in [-0.39, 0.29) is 6.04 Å². The smallest absolute Gasteiger partial charge is 0.241 e. The number of rotatable bonds is 6. The van der Waals surface area contributed by atoms with Gasteiger partial charge in [-0.25, -0.2) is 13.1 Å². The van der Waals surface area contributed by atoms with Gasteiger partial charge in [0.2, 0.25) is 10.0 Å². The fraction of sp³-hybridized carbons (Fsp3) is 0.714. The van der Waals surface area contributed by atoms with E-state index in [1.165, 1.54) is 11.3 Å². The summed E-state index contributed by atoms with van der Waals surface area (Å²) in [5.74, 6) is 1.07. The molecule has 1 aromatic rings. The summed E-state index contributed by atoms with van der Waals surface area (Å²) in [7, 11) is -1.51. The van der Waals surface area contributed by atoms with E-state index in [0.717, 1.165) is 24.1 Å². The molecule has 1 aliphatic rings. The van der Waals surface area contributed by atoms with Crippen LogP contribution in [0.5, 0.6) is 0 Å². The van der Waals surface area contributed by atoms with Crippen LogP contribution in [0.15, 0.2) is 16.3 Å². The average Bonchev–Trinajstić information content (AvgIpc) is 2.99. The lowest BCUT2D eigenvalue weighted by Gasteiger charge is -2.20. The van der Waals surface area contributed by atoms with Gasteiger partial charge in [0.05, 0.1) is 4.90 Å². The van der Waals surface area contributed by atoms with Crippen molar-refractivity contribution in [3.05, 3.63) is 16.3 Å². The highest BCUT2D eigenvalue weighted by Crippen LogP contribution is 2.34. The zero-order valence-electron chi connectivity index (χ0n) is 12.3. The summed E-state index contributed by atoms with van der Waals surface area (Å²) in [5.41, 5.74) is 0. The first-order valence-electron chi connectivity index (χ1n) is 7.22. The van der Waals surface area contributed by atoms with E-state index >= 15 is 0 Å². The Morgan fingerprint density at radius 2 is 2.15 bits per heavy atom. The molecule has 0 radical (unpaired) electrons. The number of sulfonamides is 1. The van der Waals surface area contributed by atoms with Gasteiger partial charge in [0, 0.05) is 22.8 Å². The van der Waals surface area contributed by atoms with Crippen LogP contribution < -0.4 is 10.0 Å². The molecular weight excluding hydrogens is 292 g/mol. The van der Waals surface area contributed by atoms with Gasteiger partial charge in [-0.1, -0.05) is 20.3 Å². The summed E-state index contributed by atoms with van der Waals surface area (Å²) in [4.78, 5) is 1.44. The Labute approximate surface area is 126 Å². The largest absolute Gasteiger partial charge is 0.315 e. The van der Waals surface area contributed by atoms with Gasteiger partial charge in [-0.3, -0.25) is 0 Å². The Balaban J connectivity index is 2.07. The van der Waals surface area contributed by atoms with E-state index in [1.807, 2.05) is 7.05 Å². The Morgan fingerprint density at radius 3 is 2.75 bits per heavy atom. The van der Waals surface area contributed by atoms with Gasteiger partial charge in [-0.05, 0) is 37.8 Å². The quantitative estimate of drug-likeness (QED) is 0.848. The van der Waals surface area contributed by atoms with E-state index in [2.05, 4.69) is 23.9 Å². The minimum atomic E-state index is -3.37. The SMILES string of the molecule is CCC1CCC(NS(=O)(=O)c2csc(CNC)c2)C1C. The van der Waals surface area contributed by atoms with Crippen LogP contribution in [0.3, 0.4) is 0 Å². The van der Waals surface area contributed by atoms with Crippen molar-refractivity contribution in [1.82, 2.24) is 10.0 Å². The maximum Gasteiger partial charge on any atom is 0.241 e. The molecule has 0 spiro atoms. The highest BCUT2D eigenvalue weighted by Gasteiger charge is 2.34. The molecule has 2 N–H and O–H groups in total. The van der Waals surface area contributed by atoms with Crippen LogP contribution in [0.4, 0.5) is 0 Å². The predicted octanol–water partition coefficient (Wildman–Crippen LogP) is 2.57. The summed E-state index contributed by atoms with van der Waals surface area (Å²) < 4.78 is 27.7. The van der Waals surface area contributed by atoms with Crippen LogP contribution >= 0.6 is 11.3 Å². The summed E-state index contributed by atoms with van der Waals surface area (Å²) in [6, 6.07) is 1.85. The number of hydrogen-bond donors (Lipinski definition) is 2. The Morgan fingerprint density at radius 1 is 1.40 bits per heavy atom. The predicted molar refractivity (Wildman–Crippen MR) is 83.4 cm³/mol. The number of hydrogen-bond acceptors (Lipinski definition) is 4. The number of thiophene rings is 1. The van der Waals surface area contributed by atoms with Crippen molar-refractivity contribution >= 4 is 21.4 Å². The topological polar surface area (TPSA) is 58.2 Å². The second-order valence-corrected chi connectivity index (χ2v) is 8.32. The third kappa shape index (κ3) is 3.42. The summed E-state index contributed by atoms with van der Waals surface area (Å²) in [6.45, 7) is 5.05. The lowest BCUT2D eigenvalue weighted by Crippen LogP contribution is -2.37. The fourth-order valence-electron chi connectivity index (χ4n) is 3.03. The molecule has 1 saturated carbocycles. The molecule has 20 heavy (non-hydrogen) atoms. The van der Waals surface area contributed by atoms with Gasteiger partial charge in [0.25, 0.3) is 0 Å². The first kappa shape index (κ1) is 15.9. The van der Waals surface area contributed by atoms with Crippen molar-refractivity contribution in [3.63, 3.8) is 0 Å². The van der Waals surface area contributed by atoms with Gasteiger partial charge < -0.3 is 5.32 Å². The molecule has 3 unspecified atom stereocenters. The molecule has 1 aliphatic carbocycles. The minimum absolute atomic E-state index is 0.0811. The third-order valence-corrected chi connectivity index (χ3v) is 6.90. The molecule has 3 atom stereocenters. The highest BCUT2D eigenvalue weighted by atomic mass is 32.2. The second-order valence-electron chi connectivity index (χ2n) is 5.61. The van der Waals surface area contributed by atoms with Crippen LogP contribution in [0.25, 0.3) is 0 Å². The molecule has 0 bridgehead atoms. The molecule has 0 aliphatic heterocycles. The molecule has 2 rings (SSSR count). The first-order chi connectivity index (χ1) is 9.47. The molecule has 1 aromatic heterocycles. The maximum absolute atomic E-state index is 12.4. The summed E-state index contributed by atoms with van der Waals surface area (Å²) >= 11 is 1.48. The van der Waals surface area contributed by atoms with Gasteiger partial charge >= 0.3 is 0 Å². The standard InChI is InChI=1S/C14H24N2O2S2/c1-4-11-5-6-14(10(11)2)16-20(17,18)13-7-12(8-15-3)19-9-13/h7,9-11,14-16H,4-6,8H2,1-3H3. The van der Waals surface area contributed by atoms with Crippen molar-refractivity contribution in [3.8, 4) is 0 Å². The van der Waals surface area contributed by atoms with Gasteiger partial charge in [0.15, 0.2) is 0 Å². The molecule has 0 amide bonds. The number of nitrogens with one attached hydrogen (secondary N) is 2. The van der Waals surface area contributed by atoms with Gasteiger partial charge in [-0.15, -0.1) is 11.3 Å². The zero-order chi connectivity index (χ0) is 14.8. The highest BCUT2D eigenvalue weighted by molar-refractivity contribution is 7.89. The van der Waals surface area contributed by atoms with Crippen molar-refractivity contribution in [2.24, 2.45) is 11.8 Å². The van der Waals surface area contributed by atoms with Gasteiger partial charge in [-0.2, -0.15) is 0 Å². The Kier molecular flexibility index (Phi) is 5.23. The molecule has 0 aromatic carbocycles. The zero-order valence-corrected chi connectivity index (χ0v) is 14.0. The van der Waals surface area contributed by atoms with Crippen molar-refractivity contribution in [1.29, 1.82) is 0 Å². The van der Waals surface area contributed by atoms with Crippen LogP contribution in [-0.2, 0) is 16.6 Å². The normalized spacial score (nSPS) is 27.1. The van der Waals surface area contributed by atoms with E-state index < -0.39 is 10.0 Å². The summed E-state index contributed by atoms with van der Waals surface area (Å²) in [6.07, 6.45) is 3.20. The third-order valence-electron chi connectivity index (χ3n) is 4.35. The Hall–Kier alpha value is -0.430. The maximum atomic E-state index is 12.4. The van der Waals surface area contributed by atoms with E-state index in [9.17, 15) is 8.42 Å². The van der Waals surface area contributed by atoms with Crippen molar-refractivity contribution in [2.75, 3.05) is 7.05 Å². The van der Waals surface area contributed by atoms with Crippen LogP contribution in [-0.4, -0.2) is 21.5 Å². The van der Waals surface area contributed by atoms with Crippen LogP contribution in [0.2, 0.25) is 0 Å². The van der Waals surface area contributed by atoms with Crippen LogP contribution in [0, 0.1) is 11.8 Å². The monoisotopic (exact) mass is 316 g/mol. The second kappa shape index (κ2) is 6.56. The van der Waals surface area contributed by atoms with Crippen molar-refractivity contribution in [2.45, 2.75) is 50.6 Å². The summed E-state index contributed by atoms with van der Waals surface area (Å²) in [5, 5.41) is 4.77. The Bertz CT molecular complexity index is 539. The molecule has 4 nitrogen and oxygen atoms in total. The van der Waals surface area contributed by atoms with Gasteiger partial charge in [0.1, 0.15) is 0 Å². The lowest BCUT2D eigenvalue weighted by atomic mass is 9.94. The molecule has 1 fully saturated rings. The molecule has 114 valence electrons. The minimum Gasteiger partial charge on any atom is -0.315 e. The van der Waals surface area contributed by atoms with E-state index in [1.54, 1.807) is 11.4 Å². The van der Waals surface area contributed by atoms with E-state index in [4.69, 9.17) is 0 Å². The van der Waals surface area contributed by atoms with Crippen molar-refractivity contribution < 1.29 is 8.42 Å². The molecule has 0 saturated heterocycles. The lowest BCUT2D eigenvalue weighted by molar-refractivity contribution is 0.368. The molecule has 6 heteroatoms. The van der Waals surface area contributed by atoms with Crippen LogP contribution in [0.1, 0.15) is 38.0 Å². The van der Waals surface area contributed by atoms with E-state index in [0.29, 0.717) is 23.3 Å².